The van der Waals surface area contributed by atoms with Gasteiger partial charge in [-0.2, -0.15) is 17.7 Å². The maximum Gasteiger partial charge on any atom is 0.453 e. The van der Waals surface area contributed by atoms with Gasteiger partial charge in [0.05, 0.1) is 5.54 Å². The fourth-order valence-electron chi connectivity index (χ4n) is 4.51. The van der Waals surface area contributed by atoms with E-state index in [-0.39, 0.29) is 17.5 Å². The van der Waals surface area contributed by atoms with Crippen molar-refractivity contribution in [2.45, 2.75) is 51.2 Å². The summed E-state index contributed by atoms with van der Waals surface area (Å²) in [6.07, 6.45) is -2.03. The molecule has 0 aliphatic carbocycles. The van der Waals surface area contributed by atoms with Crippen LogP contribution in [0.5, 0.6) is 0 Å². The SMILES string of the molecule is CCC(CC)(NC(=O)C1CCN(c2ccc3nnc(C(F)(F)F)n3n2)CC1)c1ccc(Cl)cc1. The molecule has 4 rings (SSSR count). The van der Waals surface area contributed by atoms with Gasteiger partial charge in [-0.1, -0.05) is 37.6 Å². The first kappa shape index (κ1) is 24.3. The average molecular weight is 495 g/mol. The molecular formula is C23H26ClF3N6O. The van der Waals surface area contributed by atoms with Gasteiger partial charge in [0, 0.05) is 24.0 Å². The highest BCUT2D eigenvalue weighted by atomic mass is 35.5. The van der Waals surface area contributed by atoms with Crippen LogP contribution in [-0.4, -0.2) is 38.8 Å². The molecule has 11 heteroatoms. The lowest BCUT2D eigenvalue weighted by molar-refractivity contribution is -0.146. The molecule has 1 N–H and O–H groups in total. The third kappa shape index (κ3) is 4.68. The van der Waals surface area contributed by atoms with Crippen molar-refractivity contribution in [3.8, 4) is 0 Å². The second-order valence-corrected chi connectivity index (χ2v) is 8.97. The summed E-state index contributed by atoms with van der Waals surface area (Å²) >= 11 is 6.04. The first-order valence-electron chi connectivity index (χ1n) is 11.3. The summed E-state index contributed by atoms with van der Waals surface area (Å²) in [6.45, 7) is 5.10. The molecule has 0 radical (unpaired) electrons. The van der Waals surface area contributed by atoms with Crippen molar-refractivity contribution in [1.82, 2.24) is 25.1 Å². The Bertz CT molecular complexity index is 1150. The predicted octanol–water partition coefficient (Wildman–Crippen LogP) is 4.84. The number of carbonyl (C=O) groups excluding carboxylic acids is 1. The Kier molecular flexibility index (Phi) is 6.71. The number of hydrogen-bond donors (Lipinski definition) is 1. The van der Waals surface area contributed by atoms with Crippen molar-refractivity contribution < 1.29 is 18.0 Å². The van der Waals surface area contributed by atoms with Gasteiger partial charge in [0.1, 0.15) is 5.82 Å². The number of alkyl halides is 3. The molecule has 1 saturated heterocycles. The lowest BCUT2D eigenvalue weighted by Gasteiger charge is -2.37. The zero-order valence-corrected chi connectivity index (χ0v) is 19.7. The number of piperidine rings is 1. The number of aromatic nitrogens is 4. The van der Waals surface area contributed by atoms with Gasteiger partial charge < -0.3 is 10.2 Å². The fraction of sp³-hybridized carbons (Fsp3) is 0.478. The molecule has 7 nitrogen and oxygen atoms in total. The van der Waals surface area contributed by atoms with Gasteiger partial charge in [-0.25, -0.2) is 0 Å². The molecule has 3 aromatic rings. The first-order chi connectivity index (χ1) is 16.2. The van der Waals surface area contributed by atoms with Gasteiger partial charge in [-0.15, -0.1) is 15.3 Å². The van der Waals surface area contributed by atoms with Crippen molar-refractivity contribution in [1.29, 1.82) is 0 Å². The summed E-state index contributed by atoms with van der Waals surface area (Å²) in [5.41, 5.74) is 0.566. The third-order valence-corrected chi connectivity index (χ3v) is 6.91. The Morgan fingerprint density at radius 1 is 1.06 bits per heavy atom. The summed E-state index contributed by atoms with van der Waals surface area (Å²) < 4.78 is 40.2. The van der Waals surface area contributed by atoms with Crippen molar-refractivity contribution in [3.05, 3.63) is 52.8 Å². The van der Waals surface area contributed by atoms with Crippen molar-refractivity contribution >= 4 is 29.0 Å². The van der Waals surface area contributed by atoms with E-state index < -0.39 is 17.5 Å². The highest BCUT2D eigenvalue weighted by molar-refractivity contribution is 6.30. The lowest BCUT2D eigenvalue weighted by atomic mass is 9.83. The Balaban J connectivity index is 1.45. The quantitative estimate of drug-likeness (QED) is 0.530. The maximum atomic E-state index is 13.2. The van der Waals surface area contributed by atoms with E-state index in [1.807, 2.05) is 43.0 Å². The lowest BCUT2D eigenvalue weighted by Crippen LogP contribution is -2.49. The molecule has 0 saturated carbocycles. The van der Waals surface area contributed by atoms with Crippen LogP contribution in [0.25, 0.3) is 5.65 Å². The Hall–Kier alpha value is -2.88. The zero-order chi connectivity index (χ0) is 24.5. The van der Waals surface area contributed by atoms with E-state index in [2.05, 4.69) is 20.6 Å². The van der Waals surface area contributed by atoms with Gasteiger partial charge in [-0.05, 0) is 55.5 Å². The molecular weight excluding hydrogens is 469 g/mol. The standard InChI is InChI=1S/C23H26ClF3N6O/c1-3-22(4-2,16-5-7-17(24)8-6-16)28-20(34)15-11-13-32(14-12-15)19-10-9-18-29-30-21(23(25,26)27)33(18)31-19/h5-10,15H,3-4,11-14H2,1-2H3,(H,28,34). The topological polar surface area (TPSA) is 75.4 Å². The smallest absolute Gasteiger partial charge is 0.355 e. The Labute approximate surface area is 200 Å². The molecule has 1 amide bonds. The fourth-order valence-corrected chi connectivity index (χ4v) is 4.64. The highest BCUT2D eigenvalue weighted by Gasteiger charge is 2.38. The number of nitrogens with one attached hydrogen (secondary N) is 1. The molecule has 1 aromatic carbocycles. The van der Waals surface area contributed by atoms with Crippen LogP contribution in [0.4, 0.5) is 19.0 Å². The summed E-state index contributed by atoms with van der Waals surface area (Å²) in [7, 11) is 0. The summed E-state index contributed by atoms with van der Waals surface area (Å²) in [5.74, 6) is -0.962. The van der Waals surface area contributed by atoms with Crippen LogP contribution in [0.2, 0.25) is 5.02 Å². The minimum Gasteiger partial charge on any atom is -0.355 e. The van der Waals surface area contributed by atoms with E-state index in [1.165, 1.54) is 6.07 Å². The number of carbonyl (C=O) groups is 1. The number of hydrogen-bond acceptors (Lipinski definition) is 5. The largest absolute Gasteiger partial charge is 0.453 e. The van der Waals surface area contributed by atoms with Crippen LogP contribution >= 0.6 is 11.6 Å². The van der Waals surface area contributed by atoms with E-state index >= 15 is 0 Å². The van der Waals surface area contributed by atoms with E-state index in [1.54, 1.807) is 6.07 Å². The minimum atomic E-state index is -4.65. The van der Waals surface area contributed by atoms with Gasteiger partial charge in [0.25, 0.3) is 5.82 Å². The molecule has 0 bridgehead atoms. The number of benzene rings is 1. The number of fused-ring (bicyclic) bond motifs is 1. The highest BCUT2D eigenvalue weighted by Crippen LogP contribution is 2.32. The zero-order valence-electron chi connectivity index (χ0n) is 18.9. The maximum absolute atomic E-state index is 13.2. The number of anilines is 1. The van der Waals surface area contributed by atoms with Crippen LogP contribution in [0.1, 0.15) is 50.9 Å². The van der Waals surface area contributed by atoms with Gasteiger partial charge >= 0.3 is 6.18 Å². The van der Waals surface area contributed by atoms with Crippen LogP contribution in [0, 0.1) is 5.92 Å². The molecule has 1 fully saturated rings. The molecule has 3 heterocycles. The first-order valence-corrected chi connectivity index (χ1v) is 11.7. The molecule has 34 heavy (non-hydrogen) atoms. The second kappa shape index (κ2) is 9.40. The molecule has 2 aromatic heterocycles. The van der Waals surface area contributed by atoms with Crippen molar-refractivity contribution in [2.75, 3.05) is 18.0 Å². The molecule has 0 spiro atoms. The summed E-state index contributed by atoms with van der Waals surface area (Å²) in [5, 5.41) is 14.8. The Morgan fingerprint density at radius 2 is 1.71 bits per heavy atom. The summed E-state index contributed by atoms with van der Waals surface area (Å²) in [6, 6.07) is 10.6. The van der Waals surface area contributed by atoms with E-state index in [0.29, 0.717) is 36.8 Å². The van der Waals surface area contributed by atoms with Gasteiger partial charge in [0.2, 0.25) is 5.91 Å². The normalized spacial score (nSPS) is 15.6. The number of rotatable bonds is 6. The van der Waals surface area contributed by atoms with Crippen molar-refractivity contribution in [3.63, 3.8) is 0 Å². The van der Waals surface area contributed by atoms with Crippen LogP contribution in [0.15, 0.2) is 36.4 Å². The molecule has 1 aliphatic rings. The monoisotopic (exact) mass is 494 g/mol. The number of nitrogens with zero attached hydrogens (tertiary/aromatic N) is 5. The predicted molar refractivity (Wildman–Crippen MR) is 123 cm³/mol. The number of halogens is 4. The summed E-state index contributed by atoms with van der Waals surface area (Å²) in [4.78, 5) is 15.1. The number of amides is 1. The molecule has 1 aliphatic heterocycles. The van der Waals surface area contributed by atoms with E-state index in [4.69, 9.17) is 11.6 Å². The average Bonchev–Trinajstić information content (AvgIpc) is 3.27. The molecule has 0 atom stereocenters. The van der Waals surface area contributed by atoms with E-state index in [9.17, 15) is 18.0 Å². The van der Waals surface area contributed by atoms with Crippen LogP contribution in [-0.2, 0) is 16.5 Å². The second-order valence-electron chi connectivity index (χ2n) is 8.53. The minimum absolute atomic E-state index is 0.0140. The van der Waals surface area contributed by atoms with Gasteiger partial charge in [0.15, 0.2) is 5.65 Å². The van der Waals surface area contributed by atoms with Crippen LogP contribution in [0.3, 0.4) is 0 Å². The van der Waals surface area contributed by atoms with Crippen molar-refractivity contribution in [2.24, 2.45) is 5.92 Å². The molecule has 182 valence electrons. The molecule has 0 unspecified atom stereocenters. The van der Waals surface area contributed by atoms with E-state index in [0.717, 1.165) is 22.9 Å². The van der Waals surface area contributed by atoms with Gasteiger partial charge in [-0.3, -0.25) is 4.79 Å². The van der Waals surface area contributed by atoms with Crippen LogP contribution < -0.4 is 10.2 Å². The Morgan fingerprint density at radius 3 is 2.29 bits per heavy atom. The third-order valence-electron chi connectivity index (χ3n) is 6.66.